The number of nitrogens with zero attached hydrogens (tertiary/aromatic N) is 4. The number of aliphatic hydroxyl groups excluding tert-OH is 2. The molecule has 37 heavy (non-hydrogen) atoms. The third kappa shape index (κ3) is 4.37. The van der Waals surface area contributed by atoms with Crippen LogP contribution in [0.3, 0.4) is 0 Å². The molecule has 2 heterocycles. The minimum absolute atomic E-state index is 0.109. The Morgan fingerprint density at radius 1 is 1.30 bits per heavy atom. The van der Waals surface area contributed by atoms with Gasteiger partial charge < -0.3 is 30.5 Å². The number of hydrogen-bond donors (Lipinski definition) is 5. The molecule has 2 fully saturated rings. The van der Waals surface area contributed by atoms with Gasteiger partial charge in [0.25, 0.3) is 0 Å². The molecule has 11 nitrogen and oxygen atoms in total. The highest BCUT2D eigenvalue weighted by molar-refractivity contribution is 6.30. The number of carboxylic acids is 1. The number of aliphatic hydroxyl groups is 2. The van der Waals surface area contributed by atoms with Gasteiger partial charge in [0, 0.05) is 31.0 Å². The van der Waals surface area contributed by atoms with Crippen LogP contribution >= 0.6 is 11.6 Å². The molecule has 1 aromatic carbocycles. The minimum Gasteiger partial charge on any atom is -0.481 e. The molecular weight excluding hydrogens is 500 g/mol. The number of amides is 1. The molecule has 0 bridgehead atoms. The lowest BCUT2D eigenvalue weighted by atomic mass is 9.98. The summed E-state index contributed by atoms with van der Waals surface area (Å²) in [6.07, 6.45) is -0.450. The van der Waals surface area contributed by atoms with Gasteiger partial charge >= 0.3 is 5.97 Å². The standard InChI is InChI=1S/C25H25ClN6O5/c1-27-24(37)25-10-15(25)19(20(35)21(25)36)32-12-29-18-22(28-11-13-5-4-6-14(26)9-13)30-16(31-23(18)32)7-2-3-8-17(33)34/h4-6,9,12,15,19-21,35-36H,3,8,10-11H2,1H3,(H,27,37)(H,33,34)(H,28,30,31)/t15-,19-,20+,21+,25+/m1/s1. The fourth-order valence-electron chi connectivity index (χ4n) is 5.24. The normalized spacial score (nSPS) is 25.7. The first-order valence-electron chi connectivity index (χ1n) is 11.8. The van der Waals surface area contributed by atoms with E-state index in [1.54, 1.807) is 10.6 Å². The van der Waals surface area contributed by atoms with Gasteiger partial charge in [-0.05, 0) is 30.0 Å². The molecule has 2 aromatic heterocycles. The summed E-state index contributed by atoms with van der Waals surface area (Å²) in [5.41, 5.74) is 0.672. The van der Waals surface area contributed by atoms with E-state index in [4.69, 9.17) is 16.7 Å². The average molecular weight is 525 g/mol. The molecule has 0 aliphatic heterocycles. The van der Waals surface area contributed by atoms with Gasteiger partial charge in [-0.15, -0.1) is 0 Å². The van der Waals surface area contributed by atoms with Crippen LogP contribution in [0.1, 0.15) is 36.7 Å². The Kier molecular flexibility index (Phi) is 6.49. The summed E-state index contributed by atoms with van der Waals surface area (Å²) in [6, 6.07) is 6.72. The first-order chi connectivity index (χ1) is 17.8. The fourth-order valence-corrected chi connectivity index (χ4v) is 5.46. The summed E-state index contributed by atoms with van der Waals surface area (Å²) in [5.74, 6) is 4.58. The summed E-state index contributed by atoms with van der Waals surface area (Å²) >= 11 is 6.10. The average Bonchev–Trinajstić information content (AvgIpc) is 3.41. The number of imidazole rings is 1. The maximum atomic E-state index is 12.5. The number of fused-ring (bicyclic) bond motifs is 2. The lowest BCUT2D eigenvalue weighted by molar-refractivity contribution is -0.137. The molecule has 5 N–H and O–H groups in total. The van der Waals surface area contributed by atoms with Crippen molar-refractivity contribution < 1.29 is 24.9 Å². The Morgan fingerprint density at radius 2 is 2.11 bits per heavy atom. The molecule has 0 spiro atoms. The quantitative estimate of drug-likeness (QED) is 0.287. The molecule has 12 heteroatoms. The van der Waals surface area contributed by atoms with Gasteiger partial charge in [-0.25, -0.2) is 15.0 Å². The zero-order valence-electron chi connectivity index (χ0n) is 19.8. The summed E-state index contributed by atoms with van der Waals surface area (Å²) in [5, 5.41) is 37.0. The number of benzene rings is 1. The van der Waals surface area contributed by atoms with E-state index in [1.165, 1.54) is 13.4 Å². The second-order valence-electron chi connectivity index (χ2n) is 9.25. The molecule has 0 unspecified atom stereocenters. The second kappa shape index (κ2) is 9.63. The van der Waals surface area contributed by atoms with Gasteiger partial charge in [0.2, 0.25) is 11.7 Å². The summed E-state index contributed by atoms with van der Waals surface area (Å²) in [6.45, 7) is 0.387. The number of carbonyl (C=O) groups excluding carboxylic acids is 1. The Bertz CT molecular complexity index is 1450. The van der Waals surface area contributed by atoms with Crippen LogP contribution in [-0.4, -0.2) is 66.0 Å². The van der Waals surface area contributed by atoms with E-state index in [1.807, 2.05) is 18.2 Å². The Morgan fingerprint density at radius 3 is 2.84 bits per heavy atom. The highest BCUT2D eigenvalue weighted by Gasteiger charge is 2.75. The zero-order chi connectivity index (χ0) is 26.3. The van der Waals surface area contributed by atoms with Crippen molar-refractivity contribution in [2.24, 2.45) is 11.3 Å². The number of carboxylic acid groups (broad SMARTS) is 1. The molecule has 5 atom stereocenters. The fraction of sp³-hybridized carbons (Fsp3) is 0.400. The summed E-state index contributed by atoms with van der Waals surface area (Å²) in [7, 11) is 1.51. The number of aliphatic carboxylic acids is 1. The molecule has 2 saturated carbocycles. The molecule has 3 aromatic rings. The SMILES string of the molecule is CNC(=O)[C@@]12C[C@@H]1[C@@H](n1cnc3c(NCc4cccc(Cl)c4)nc(C#CCCC(=O)O)nc31)[C@H](O)[C@@H]2O. The Labute approximate surface area is 216 Å². The van der Waals surface area contributed by atoms with Gasteiger partial charge in [-0.2, -0.15) is 0 Å². The molecule has 192 valence electrons. The lowest BCUT2D eigenvalue weighted by Crippen LogP contribution is -2.41. The number of nitrogens with one attached hydrogen (secondary N) is 2. The first kappa shape index (κ1) is 25.0. The van der Waals surface area contributed by atoms with Gasteiger partial charge in [0.15, 0.2) is 17.0 Å². The molecular formula is C25H25ClN6O5. The number of hydrogen-bond acceptors (Lipinski definition) is 8. The van der Waals surface area contributed by atoms with E-state index >= 15 is 0 Å². The summed E-state index contributed by atoms with van der Waals surface area (Å²) in [4.78, 5) is 36.9. The highest BCUT2D eigenvalue weighted by atomic mass is 35.5. The minimum atomic E-state index is -1.22. The van der Waals surface area contributed by atoms with E-state index in [-0.39, 0.29) is 30.5 Å². The first-order valence-corrected chi connectivity index (χ1v) is 12.2. The molecule has 1 amide bonds. The van der Waals surface area contributed by atoms with Crippen LogP contribution in [-0.2, 0) is 16.1 Å². The van der Waals surface area contributed by atoms with Crippen LogP contribution in [0.5, 0.6) is 0 Å². The Hall–Kier alpha value is -3.72. The predicted molar refractivity (Wildman–Crippen MR) is 134 cm³/mol. The van der Waals surface area contributed by atoms with Crippen LogP contribution < -0.4 is 10.6 Å². The van der Waals surface area contributed by atoms with Gasteiger partial charge in [0.05, 0.1) is 30.3 Å². The molecule has 0 saturated heterocycles. The van der Waals surface area contributed by atoms with Crippen molar-refractivity contribution >= 4 is 40.5 Å². The van der Waals surface area contributed by atoms with Gasteiger partial charge in [-0.3, -0.25) is 9.59 Å². The maximum absolute atomic E-state index is 12.5. The molecule has 0 radical (unpaired) electrons. The monoisotopic (exact) mass is 524 g/mol. The van der Waals surface area contributed by atoms with Crippen LogP contribution in [0.2, 0.25) is 5.02 Å². The number of anilines is 1. The Balaban J connectivity index is 1.52. The summed E-state index contributed by atoms with van der Waals surface area (Å²) < 4.78 is 1.67. The van der Waals surface area contributed by atoms with Crippen LogP contribution in [0.4, 0.5) is 5.82 Å². The maximum Gasteiger partial charge on any atom is 0.304 e. The van der Waals surface area contributed by atoms with Crippen molar-refractivity contribution in [3.05, 3.63) is 47.0 Å². The third-order valence-corrected chi connectivity index (χ3v) is 7.31. The van der Waals surface area contributed by atoms with Crippen molar-refractivity contribution in [2.75, 3.05) is 12.4 Å². The molecule has 2 aliphatic carbocycles. The van der Waals surface area contributed by atoms with Crippen molar-refractivity contribution in [3.63, 3.8) is 0 Å². The third-order valence-electron chi connectivity index (χ3n) is 7.08. The van der Waals surface area contributed by atoms with E-state index in [9.17, 15) is 19.8 Å². The van der Waals surface area contributed by atoms with E-state index < -0.39 is 29.6 Å². The number of rotatable bonds is 7. The smallest absolute Gasteiger partial charge is 0.304 e. The highest BCUT2D eigenvalue weighted by Crippen LogP contribution is 2.67. The largest absolute Gasteiger partial charge is 0.481 e. The topological polar surface area (TPSA) is 162 Å². The van der Waals surface area contributed by atoms with Gasteiger partial charge in [-0.1, -0.05) is 29.7 Å². The number of halogens is 1. The van der Waals surface area contributed by atoms with Crippen molar-refractivity contribution in [1.82, 2.24) is 24.8 Å². The van der Waals surface area contributed by atoms with Crippen LogP contribution in [0.25, 0.3) is 11.2 Å². The molecule has 5 rings (SSSR count). The number of carbonyl (C=O) groups is 2. The van der Waals surface area contributed by atoms with E-state index in [2.05, 4.69) is 37.4 Å². The van der Waals surface area contributed by atoms with Crippen molar-refractivity contribution in [2.45, 2.75) is 44.1 Å². The van der Waals surface area contributed by atoms with Gasteiger partial charge in [0.1, 0.15) is 6.10 Å². The lowest BCUT2D eigenvalue weighted by Gasteiger charge is -2.23. The van der Waals surface area contributed by atoms with E-state index in [0.717, 1.165) is 5.56 Å². The van der Waals surface area contributed by atoms with Crippen molar-refractivity contribution in [3.8, 4) is 11.8 Å². The predicted octanol–water partition coefficient (Wildman–Crippen LogP) is 1.34. The van der Waals surface area contributed by atoms with Crippen molar-refractivity contribution in [1.29, 1.82) is 0 Å². The zero-order valence-corrected chi connectivity index (χ0v) is 20.6. The van der Waals surface area contributed by atoms with Crippen LogP contribution in [0, 0.1) is 23.2 Å². The number of aromatic nitrogens is 4. The van der Waals surface area contributed by atoms with E-state index in [0.29, 0.717) is 35.0 Å². The van der Waals surface area contributed by atoms with Crippen LogP contribution in [0.15, 0.2) is 30.6 Å². The second-order valence-corrected chi connectivity index (χ2v) is 9.69. The molecule has 2 aliphatic rings.